The van der Waals surface area contributed by atoms with Crippen LogP contribution in [0.15, 0.2) is 48.5 Å². The molecule has 0 saturated heterocycles. The van der Waals surface area contributed by atoms with Crippen molar-refractivity contribution in [3.8, 4) is 16.9 Å². The molecule has 5 heteroatoms. The van der Waals surface area contributed by atoms with E-state index in [0.29, 0.717) is 11.4 Å². The first kappa shape index (κ1) is 14.6. The van der Waals surface area contributed by atoms with Crippen LogP contribution in [0.2, 0.25) is 0 Å². The Bertz CT molecular complexity index is 653. The molecule has 1 N–H and O–H groups in total. The number of benzene rings is 2. The van der Waals surface area contributed by atoms with Crippen molar-refractivity contribution < 1.29 is 19.1 Å². The summed E-state index contributed by atoms with van der Waals surface area (Å²) in [5.74, 6) is -1.10. The molecule has 0 heterocycles. The van der Waals surface area contributed by atoms with Crippen LogP contribution in [0.1, 0.15) is 0 Å². The lowest BCUT2D eigenvalue weighted by atomic mass is 10.0. The van der Waals surface area contributed by atoms with Crippen molar-refractivity contribution >= 4 is 17.6 Å². The maximum Gasteiger partial charge on any atom is 0.396 e. The molecule has 5 nitrogen and oxygen atoms in total. The molecule has 2 aromatic carbocycles. The average Bonchev–Trinajstić information content (AvgIpc) is 2.55. The second-order valence-electron chi connectivity index (χ2n) is 4.22. The van der Waals surface area contributed by atoms with E-state index in [4.69, 9.17) is 4.74 Å². The first-order valence-electron chi connectivity index (χ1n) is 6.28. The first-order chi connectivity index (χ1) is 10.2. The van der Waals surface area contributed by atoms with E-state index >= 15 is 0 Å². The molecule has 21 heavy (non-hydrogen) atoms. The molecule has 108 valence electrons. The third-order valence-corrected chi connectivity index (χ3v) is 2.93. The van der Waals surface area contributed by atoms with Gasteiger partial charge in [-0.05, 0) is 23.8 Å². The number of esters is 1. The molecule has 0 aromatic heterocycles. The molecule has 0 saturated carbocycles. The van der Waals surface area contributed by atoms with Gasteiger partial charge in [-0.3, -0.25) is 4.79 Å². The summed E-state index contributed by atoms with van der Waals surface area (Å²) in [6.07, 6.45) is 0. The Labute approximate surface area is 122 Å². The van der Waals surface area contributed by atoms with E-state index in [9.17, 15) is 9.59 Å². The molecule has 0 bridgehead atoms. The number of hydrogen-bond acceptors (Lipinski definition) is 4. The highest BCUT2D eigenvalue weighted by Crippen LogP contribution is 2.31. The van der Waals surface area contributed by atoms with Crippen molar-refractivity contribution in [2.75, 3.05) is 19.5 Å². The molecular weight excluding hydrogens is 270 g/mol. The highest BCUT2D eigenvalue weighted by Gasteiger charge is 2.16. The van der Waals surface area contributed by atoms with Crippen molar-refractivity contribution in [1.29, 1.82) is 0 Å². The van der Waals surface area contributed by atoms with Crippen LogP contribution >= 0.6 is 0 Å². The second-order valence-corrected chi connectivity index (χ2v) is 4.22. The summed E-state index contributed by atoms with van der Waals surface area (Å²) in [6, 6.07) is 14.7. The largest absolute Gasteiger partial charge is 0.497 e. The predicted molar refractivity (Wildman–Crippen MR) is 79.1 cm³/mol. The highest BCUT2D eigenvalue weighted by molar-refractivity contribution is 6.37. The number of nitrogens with one attached hydrogen (secondary N) is 1. The van der Waals surface area contributed by atoms with Crippen molar-refractivity contribution in [3.63, 3.8) is 0 Å². The van der Waals surface area contributed by atoms with E-state index in [1.165, 1.54) is 0 Å². The second kappa shape index (κ2) is 6.56. The average molecular weight is 285 g/mol. The Balaban J connectivity index is 2.41. The number of carbonyl (C=O) groups is 2. The minimum absolute atomic E-state index is 0.511. The zero-order chi connectivity index (χ0) is 15.2. The Hall–Kier alpha value is -2.82. The van der Waals surface area contributed by atoms with Gasteiger partial charge in [-0.15, -0.1) is 0 Å². The van der Waals surface area contributed by atoms with Crippen molar-refractivity contribution in [1.82, 2.24) is 0 Å². The predicted octanol–water partition coefficient (Wildman–Crippen LogP) is 2.47. The van der Waals surface area contributed by atoms with Crippen LogP contribution in [-0.4, -0.2) is 26.1 Å². The van der Waals surface area contributed by atoms with Crippen LogP contribution < -0.4 is 10.1 Å². The van der Waals surface area contributed by atoms with Crippen molar-refractivity contribution in [2.24, 2.45) is 0 Å². The Kier molecular flexibility index (Phi) is 4.56. The standard InChI is InChI=1S/C16H15NO4/c1-20-12-8-9-14(17-15(18)16(19)21-2)13(10-12)11-6-4-3-5-7-11/h3-10H,1-2H3,(H,17,18). The van der Waals surface area contributed by atoms with Gasteiger partial charge in [-0.2, -0.15) is 0 Å². The van der Waals surface area contributed by atoms with Gasteiger partial charge < -0.3 is 14.8 Å². The molecule has 0 fully saturated rings. The first-order valence-corrected chi connectivity index (χ1v) is 6.28. The maximum absolute atomic E-state index is 11.7. The summed E-state index contributed by atoms with van der Waals surface area (Å²) >= 11 is 0. The van der Waals surface area contributed by atoms with Crippen molar-refractivity contribution in [2.45, 2.75) is 0 Å². The molecule has 0 spiro atoms. The van der Waals surface area contributed by atoms with Crippen LogP contribution in [0.5, 0.6) is 5.75 Å². The number of rotatable bonds is 3. The number of carbonyl (C=O) groups excluding carboxylic acids is 2. The van der Waals surface area contributed by atoms with Gasteiger partial charge in [0.1, 0.15) is 5.75 Å². The van der Waals surface area contributed by atoms with Gasteiger partial charge in [0, 0.05) is 11.3 Å². The van der Waals surface area contributed by atoms with E-state index < -0.39 is 11.9 Å². The van der Waals surface area contributed by atoms with Crippen LogP contribution in [0.25, 0.3) is 11.1 Å². The molecule has 2 rings (SSSR count). The fraction of sp³-hybridized carbons (Fsp3) is 0.125. The molecule has 2 aromatic rings. The Morgan fingerprint density at radius 3 is 2.33 bits per heavy atom. The van der Waals surface area contributed by atoms with Crippen LogP contribution in [0.4, 0.5) is 5.69 Å². The normalized spacial score (nSPS) is 9.81. The number of hydrogen-bond donors (Lipinski definition) is 1. The van der Waals surface area contributed by atoms with Crippen LogP contribution in [-0.2, 0) is 14.3 Å². The summed E-state index contributed by atoms with van der Waals surface area (Å²) in [4.78, 5) is 22.9. The van der Waals surface area contributed by atoms with E-state index in [1.54, 1.807) is 25.3 Å². The van der Waals surface area contributed by atoms with Gasteiger partial charge in [-0.25, -0.2) is 4.79 Å². The number of amides is 1. The Morgan fingerprint density at radius 2 is 1.71 bits per heavy atom. The third-order valence-electron chi connectivity index (χ3n) is 2.93. The monoisotopic (exact) mass is 285 g/mol. The number of anilines is 1. The van der Waals surface area contributed by atoms with E-state index in [1.807, 2.05) is 30.3 Å². The maximum atomic E-state index is 11.7. The molecular formula is C16H15NO4. The van der Waals surface area contributed by atoms with Crippen LogP contribution in [0.3, 0.4) is 0 Å². The molecule has 0 aliphatic carbocycles. The van der Waals surface area contributed by atoms with Gasteiger partial charge in [0.2, 0.25) is 0 Å². The minimum Gasteiger partial charge on any atom is -0.497 e. The van der Waals surface area contributed by atoms with Gasteiger partial charge in [0.25, 0.3) is 0 Å². The summed E-state index contributed by atoms with van der Waals surface area (Å²) in [5, 5.41) is 2.54. The third kappa shape index (κ3) is 3.39. The fourth-order valence-electron chi connectivity index (χ4n) is 1.88. The molecule has 0 unspecified atom stereocenters. The zero-order valence-corrected chi connectivity index (χ0v) is 11.8. The minimum atomic E-state index is -0.940. The smallest absolute Gasteiger partial charge is 0.396 e. The zero-order valence-electron chi connectivity index (χ0n) is 11.8. The van der Waals surface area contributed by atoms with Gasteiger partial charge in [-0.1, -0.05) is 30.3 Å². The summed E-state index contributed by atoms with van der Waals surface area (Å²) < 4.78 is 9.60. The van der Waals surface area contributed by atoms with Gasteiger partial charge in [0.05, 0.1) is 14.2 Å². The summed E-state index contributed by atoms with van der Waals surface area (Å²) in [7, 11) is 2.73. The number of methoxy groups -OCH3 is 2. The highest BCUT2D eigenvalue weighted by atomic mass is 16.5. The quantitative estimate of drug-likeness (QED) is 0.695. The van der Waals surface area contributed by atoms with Crippen LogP contribution in [0, 0.1) is 0 Å². The molecule has 0 aliphatic rings. The SMILES string of the molecule is COC(=O)C(=O)Nc1ccc(OC)cc1-c1ccccc1. The number of ether oxygens (including phenoxy) is 2. The fourth-order valence-corrected chi connectivity index (χ4v) is 1.88. The van der Waals surface area contributed by atoms with Gasteiger partial charge >= 0.3 is 11.9 Å². The van der Waals surface area contributed by atoms with Gasteiger partial charge in [0.15, 0.2) is 0 Å². The lowest BCUT2D eigenvalue weighted by Crippen LogP contribution is -2.24. The molecule has 0 atom stereocenters. The lowest BCUT2D eigenvalue weighted by Gasteiger charge is -2.12. The summed E-state index contributed by atoms with van der Waals surface area (Å²) in [5.41, 5.74) is 2.17. The molecule has 1 amide bonds. The molecule has 0 aliphatic heterocycles. The lowest BCUT2D eigenvalue weighted by molar-refractivity contribution is -0.150. The molecule has 0 radical (unpaired) electrons. The topological polar surface area (TPSA) is 64.6 Å². The van der Waals surface area contributed by atoms with E-state index in [2.05, 4.69) is 10.1 Å². The van der Waals surface area contributed by atoms with E-state index in [0.717, 1.165) is 18.2 Å². The van der Waals surface area contributed by atoms with E-state index in [-0.39, 0.29) is 0 Å². The summed E-state index contributed by atoms with van der Waals surface area (Å²) in [6.45, 7) is 0. The Morgan fingerprint density at radius 1 is 1.00 bits per heavy atom. The van der Waals surface area contributed by atoms with Crippen molar-refractivity contribution in [3.05, 3.63) is 48.5 Å².